The molecule has 1 heterocycles. The lowest BCUT2D eigenvalue weighted by Gasteiger charge is -2.32. The monoisotopic (exact) mass is 360 g/mol. The smallest absolute Gasteiger partial charge is 0.328 e. The Labute approximate surface area is 157 Å². The van der Waals surface area contributed by atoms with Crippen LogP contribution in [0.3, 0.4) is 0 Å². The Hall–Kier alpha value is -1.88. The van der Waals surface area contributed by atoms with Crippen LogP contribution in [0.2, 0.25) is 0 Å². The largest absolute Gasteiger partial charge is 0.467 e. The summed E-state index contributed by atoms with van der Waals surface area (Å²) in [6, 6.07) is 10.0. The van der Waals surface area contributed by atoms with Crippen LogP contribution in [-0.2, 0) is 20.7 Å². The highest BCUT2D eigenvalue weighted by molar-refractivity contribution is 5.85. The standard InChI is InChI=1S/C21H32N2O3/c1-4-16(2)20(21(25)26-3)22-19(24)15-23-12-10-18(11-13-23)14-17-8-6-5-7-9-17/h5-9,16,18,20H,4,10-15H2,1-3H3,(H,22,24)/t16-,20+/m1/s1. The van der Waals surface area contributed by atoms with Crippen LogP contribution >= 0.6 is 0 Å². The zero-order chi connectivity index (χ0) is 18.9. The van der Waals surface area contributed by atoms with Gasteiger partial charge in [-0.25, -0.2) is 4.79 Å². The van der Waals surface area contributed by atoms with Crippen molar-refractivity contribution in [2.45, 2.75) is 45.6 Å². The molecule has 2 rings (SSSR count). The van der Waals surface area contributed by atoms with Crippen LogP contribution in [0, 0.1) is 11.8 Å². The molecule has 0 radical (unpaired) electrons. The molecule has 5 nitrogen and oxygen atoms in total. The fourth-order valence-electron chi connectivity index (χ4n) is 3.51. The molecule has 0 bridgehead atoms. The van der Waals surface area contributed by atoms with E-state index in [1.54, 1.807) is 0 Å². The van der Waals surface area contributed by atoms with Gasteiger partial charge in [-0.1, -0.05) is 50.6 Å². The molecule has 0 spiro atoms. The predicted molar refractivity (Wildman–Crippen MR) is 103 cm³/mol. The maximum Gasteiger partial charge on any atom is 0.328 e. The molecule has 1 N–H and O–H groups in total. The van der Waals surface area contributed by atoms with Gasteiger partial charge < -0.3 is 10.1 Å². The molecule has 0 aliphatic carbocycles. The highest BCUT2D eigenvalue weighted by Gasteiger charge is 2.28. The summed E-state index contributed by atoms with van der Waals surface area (Å²) in [5, 5.41) is 2.86. The molecule has 1 aliphatic rings. The van der Waals surface area contributed by atoms with Gasteiger partial charge in [0.1, 0.15) is 6.04 Å². The van der Waals surface area contributed by atoms with Crippen molar-refractivity contribution in [2.75, 3.05) is 26.7 Å². The number of nitrogens with one attached hydrogen (secondary N) is 1. The van der Waals surface area contributed by atoms with Gasteiger partial charge in [0.15, 0.2) is 0 Å². The summed E-state index contributed by atoms with van der Waals surface area (Å²) in [4.78, 5) is 26.5. The number of hydrogen-bond acceptors (Lipinski definition) is 4. The summed E-state index contributed by atoms with van der Waals surface area (Å²) < 4.78 is 4.83. The molecule has 26 heavy (non-hydrogen) atoms. The first-order chi connectivity index (χ1) is 12.5. The van der Waals surface area contributed by atoms with E-state index in [4.69, 9.17) is 4.74 Å². The molecular formula is C21H32N2O3. The number of rotatable bonds is 8. The van der Waals surface area contributed by atoms with E-state index in [1.807, 2.05) is 19.9 Å². The van der Waals surface area contributed by atoms with Crippen LogP contribution in [0.1, 0.15) is 38.7 Å². The highest BCUT2D eigenvalue weighted by Crippen LogP contribution is 2.21. The van der Waals surface area contributed by atoms with Crippen molar-refractivity contribution in [3.63, 3.8) is 0 Å². The minimum absolute atomic E-state index is 0.0583. The Bertz CT molecular complexity index is 568. The van der Waals surface area contributed by atoms with Gasteiger partial charge in [0.05, 0.1) is 13.7 Å². The first kappa shape index (κ1) is 20.4. The van der Waals surface area contributed by atoms with Gasteiger partial charge in [-0.05, 0) is 49.8 Å². The second-order valence-corrected chi connectivity index (χ2v) is 7.36. The van der Waals surface area contributed by atoms with Crippen LogP contribution in [-0.4, -0.2) is 49.6 Å². The summed E-state index contributed by atoms with van der Waals surface area (Å²) in [7, 11) is 1.36. The zero-order valence-electron chi connectivity index (χ0n) is 16.2. The molecule has 1 saturated heterocycles. The van der Waals surface area contributed by atoms with Crippen molar-refractivity contribution in [2.24, 2.45) is 11.8 Å². The number of methoxy groups -OCH3 is 1. The molecule has 144 valence electrons. The van der Waals surface area contributed by atoms with Gasteiger partial charge in [-0.3, -0.25) is 9.69 Å². The van der Waals surface area contributed by atoms with Crippen molar-refractivity contribution in [1.82, 2.24) is 10.2 Å². The highest BCUT2D eigenvalue weighted by atomic mass is 16.5. The van der Waals surface area contributed by atoms with E-state index in [2.05, 4.69) is 34.5 Å². The van der Waals surface area contributed by atoms with Crippen molar-refractivity contribution in [3.05, 3.63) is 35.9 Å². The van der Waals surface area contributed by atoms with Crippen molar-refractivity contribution in [3.8, 4) is 0 Å². The van der Waals surface area contributed by atoms with Gasteiger partial charge in [0.25, 0.3) is 0 Å². The average molecular weight is 360 g/mol. The fourth-order valence-corrected chi connectivity index (χ4v) is 3.51. The molecule has 1 aliphatic heterocycles. The summed E-state index contributed by atoms with van der Waals surface area (Å²) >= 11 is 0. The van der Waals surface area contributed by atoms with Crippen LogP contribution in [0.4, 0.5) is 0 Å². The number of amides is 1. The minimum atomic E-state index is -0.562. The van der Waals surface area contributed by atoms with E-state index in [9.17, 15) is 9.59 Å². The number of carbonyl (C=O) groups excluding carboxylic acids is 2. The maximum atomic E-state index is 12.4. The van der Waals surface area contributed by atoms with E-state index in [-0.39, 0.29) is 17.8 Å². The van der Waals surface area contributed by atoms with Crippen LogP contribution in [0.25, 0.3) is 0 Å². The number of likely N-dealkylation sites (tertiary alicyclic amines) is 1. The number of esters is 1. The summed E-state index contributed by atoms with van der Waals surface area (Å²) in [6.45, 7) is 6.16. The summed E-state index contributed by atoms with van der Waals surface area (Å²) in [5.74, 6) is 0.277. The van der Waals surface area contributed by atoms with Crippen molar-refractivity contribution >= 4 is 11.9 Å². The summed E-state index contributed by atoms with van der Waals surface area (Å²) in [5.41, 5.74) is 1.39. The molecule has 0 saturated carbocycles. The van der Waals surface area contributed by atoms with Gasteiger partial charge in [0, 0.05) is 0 Å². The van der Waals surface area contributed by atoms with Crippen LogP contribution < -0.4 is 5.32 Å². The van der Waals surface area contributed by atoms with E-state index < -0.39 is 6.04 Å². The summed E-state index contributed by atoms with van der Waals surface area (Å²) in [6.07, 6.45) is 4.13. The predicted octanol–water partition coefficient (Wildman–Crippen LogP) is 2.65. The maximum absolute atomic E-state index is 12.4. The second kappa shape index (κ2) is 10.3. The first-order valence-electron chi connectivity index (χ1n) is 9.67. The third kappa shape index (κ3) is 6.13. The first-order valence-corrected chi connectivity index (χ1v) is 9.67. The SMILES string of the molecule is CC[C@@H](C)[C@H](NC(=O)CN1CCC(Cc2ccccc2)CC1)C(=O)OC. The Balaban J connectivity index is 1.77. The number of nitrogens with zero attached hydrogens (tertiary/aromatic N) is 1. The molecule has 5 heteroatoms. The van der Waals surface area contributed by atoms with Gasteiger partial charge >= 0.3 is 5.97 Å². The number of carbonyl (C=O) groups is 2. The molecule has 1 amide bonds. The zero-order valence-corrected chi connectivity index (χ0v) is 16.2. The van der Waals surface area contributed by atoms with E-state index >= 15 is 0 Å². The molecule has 1 aromatic carbocycles. The molecule has 0 unspecified atom stereocenters. The lowest BCUT2D eigenvalue weighted by Crippen LogP contribution is -2.50. The molecule has 1 fully saturated rings. The van der Waals surface area contributed by atoms with Gasteiger partial charge in [0.2, 0.25) is 5.91 Å². The average Bonchev–Trinajstić information content (AvgIpc) is 2.67. The molecule has 1 aromatic rings. The number of benzene rings is 1. The Kier molecular flexibility index (Phi) is 8.10. The number of hydrogen-bond donors (Lipinski definition) is 1. The quantitative estimate of drug-likeness (QED) is 0.724. The van der Waals surface area contributed by atoms with Crippen molar-refractivity contribution in [1.29, 1.82) is 0 Å². The Morgan fingerprint density at radius 3 is 2.46 bits per heavy atom. The Morgan fingerprint density at radius 2 is 1.88 bits per heavy atom. The van der Waals surface area contributed by atoms with Gasteiger partial charge in [-0.15, -0.1) is 0 Å². The fraction of sp³-hybridized carbons (Fsp3) is 0.619. The van der Waals surface area contributed by atoms with E-state index in [0.29, 0.717) is 12.5 Å². The lowest BCUT2D eigenvalue weighted by atomic mass is 9.90. The number of ether oxygens (including phenoxy) is 1. The van der Waals surface area contributed by atoms with Crippen molar-refractivity contribution < 1.29 is 14.3 Å². The third-order valence-corrected chi connectivity index (χ3v) is 5.43. The Morgan fingerprint density at radius 1 is 1.23 bits per heavy atom. The minimum Gasteiger partial charge on any atom is -0.467 e. The van der Waals surface area contributed by atoms with Crippen LogP contribution in [0.5, 0.6) is 0 Å². The topological polar surface area (TPSA) is 58.6 Å². The second-order valence-electron chi connectivity index (χ2n) is 7.36. The molecule has 0 aromatic heterocycles. The molecule has 2 atom stereocenters. The normalized spacial score (nSPS) is 18.1. The lowest BCUT2D eigenvalue weighted by molar-refractivity contribution is -0.146. The number of piperidine rings is 1. The molecular weight excluding hydrogens is 328 g/mol. The van der Waals surface area contributed by atoms with E-state index in [1.165, 1.54) is 12.7 Å². The van der Waals surface area contributed by atoms with Gasteiger partial charge in [-0.2, -0.15) is 0 Å². The van der Waals surface area contributed by atoms with E-state index in [0.717, 1.165) is 38.8 Å². The van der Waals surface area contributed by atoms with Crippen LogP contribution in [0.15, 0.2) is 30.3 Å². The third-order valence-electron chi connectivity index (χ3n) is 5.43.